The summed E-state index contributed by atoms with van der Waals surface area (Å²) in [6.45, 7) is 1.98. The van der Waals surface area contributed by atoms with Gasteiger partial charge in [-0.2, -0.15) is 0 Å². The van der Waals surface area contributed by atoms with Crippen molar-refractivity contribution in [3.05, 3.63) is 43.5 Å². The highest BCUT2D eigenvalue weighted by molar-refractivity contribution is 14.1. The van der Waals surface area contributed by atoms with E-state index in [-0.39, 0.29) is 0 Å². The fourth-order valence-corrected chi connectivity index (χ4v) is 2.54. The fourth-order valence-electron chi connectivity index (χ4n) is 1.51. The molecule has 0 radical (unpaired) electrons. The number of halogens is 4. The van der Waals surface area contributed by atoms with Crippen LogP contribution in [0.3, 0.4) is 0 Å². The molecule has 0 saturated heterocycles. The first-order chi connectivity index (χ1) is 8.51. The molecule has 0 unspecified atom stereocenters. The molecule has 2 rings (SSSR count). The van der Waals surface area contributed by atoms with Crippen molar-refractivity contribution in [1.29, 1.82) is 0 Å². The molecule has 0 aliphatic heterocycles. The van der Waals surface area contributed by atoms with Gasteiger partial charge in [-0.3, -0.25) is 0 Å². The normalized spacial score (nSPS) is 10.7. The van der Waals surface area contributed by atoms with Crippen LogP contribution < -0.4 is 0 Å². The number of rotatable bonds is 2. The summed E-state index contributed by atoms with van der Waals surface area (Å²) in [6.07, 6.45) is 0.733. The second-order valence-electron chi connectivity index (χ2n) is 3.61. The van der Waals surface area contributed by atoms with Gasteiger partial charge in [-0.15, -0.1) is 0 Å². The number of aryl methyl sites for hydroxylation is 1. The van der Waals surface area contributed by atoms with Crippen LogP contribution in [-0.2, 0) is 6.42 Å². The lowest BCUT2D eigenvalue weighted by atomic mass is 10.2. The maximum atomic E-state index is 13.3. The molecule has 2 nitrogen and oxygen atoms in total. The van der Waals surface area contributed by atoms with Crippen LogP contribution >= 0.6 is 45.8 Å². The first-order valence-electron chi connectivity index (χ1n) is 5.19. The van der Waals surface area contributed by atoms with Gasteiger partial charge in [0.2, 0.25) is 0 Å². The lowest BCUT2D eigenvalue weighted by Gasteiger charge is -2.07. The van der Waals surface area contributed by atoms with E-state index in [1.165, 1.54) is 12.1 Å². The van der Waals surface area contributed by atoms with E-state index in [0.29, 0.717) is 21.6 Å². The quantitative estimate of drug-likeness (QED) is 0.540. The number of hydrogen-bond donors (Lipinski definition) is 0. The Hall–Kier alpha value is -0.460. The van der Waals surface area contributed by atoms with Gasteiger partial charge in [0.05, 0.1) is 9.26 Å². The molecule has 2 aromatic rings. The van der Waals surface area contributed by atoms with Crippen molar-refractivity contribution in [3.63, 3.8) is 0 Å². The second-order valence-corrected chi connectivity index (χ2v) is 5.48. The molecule has 0 spiro atoms. The Morgan fingerprint density at radius 1 is 1.22 bits per heavy atom. The Morgan fingerprint density at radius 3 is 2.56 bits per heavy atom. The van der Waals surface area contributed by atoms with Crippen molar-refractivity contribution in [2.75, 3.05) is 0 Å². The SMILES string of the molecule is CCc1nc(-c2cc(F)cc(Cl)c2)nc(Cl)c1I. The lowest BCUT2D eigenvalue weighted by molar-refractivity contribution is 0.628. The van der Waals surface area contributed by atoms with E-state index in [2.05, 4.69) is 32.6 Å². The monoisotopic (exact) mass is 396 g/mol. The fraction of sp³-hybridized carbons (Fsp3) is 0.167. The second kappa shape index (κ2) is 5.67. The zero-order valence-electron chi connectivity index (χ0n) is 9.35. The first-order valence-corrected chi connectivity index (χ1v) is 7.03. The van der Waals surface area contributed by atoms with Gasteiger partial charge >= 0.3 is 0 Å². The zero-order chi connectivity index (χ0) is 13.3. The van der Waals surface area contributed by atoms with Gasteiger partial charge in [-0.1, -0.05) is 30.1 Å². The highest BCUT2D eigenvalue weighted by atomic mass is 127. The molecule has 0 N–H and O–H groups in total. The molecule has 0 atom stereocenters. The third kappa shape index (κ3) is 2.92. The minimum atomic E-state index is -0.422. The predicted octanol–water partition coefficient (Wildman–Crippen LogP) is 4.76. The van der Waals surface area contributed by atoms with Gasteiger partial charge in [0.1, 0.15) is 11.0 Å². The molecule has 1 aromatic carbocycles. The van der Waals surface area contributed by atoms with Crippen molar-refractivity contribution in [2.45, 2.75) is 13.3 Å². The molecule has 0 aliphatic carbocycles. The molecule has 18 heavy (non-hydrogen) atoms. The van der Waals surface area contributed by atoms with Gasteiger partial charge in [-0.05, 0) is 47.2 Å². The molecule has 6 heteroatoms. The Bertz CT molecular complexity index is 585. The lowest BCUT2D eigenvalue weighted by Crippen LogP contribution is -1.99. The van der Waals surface area contributed by atoms with Gasteiger partial charge in [0.15, 0.2) is 5.82 Å². The standard InChI is InChI=1S/C12H8Cl2FIN2/c1-2-9-10(16)11(14)18-12(17-9)6-3-7(13)5-8(15)4-6/h3-5H,2H2,1H3. The summed E-state index contributed by atoms with van der Waals surface area (Å²) < 4.78 is 14.1. The summed E-state index contributed by atoms with van der Waals surface area (Å²) in [5, 5.41) is 0.680. The summed E-state index contributed by atoms with van der Waals surface area (Å²) >= 11 is 14.0. The van der Waals surface area contributed by atoms with Gasteiger partial charge in [-0.25, -0.2) is 14.4 Å². The van der Waals surface area contributed by atoms with Crippen LogP contribution in [0.1, 0.15) is 12.6 Å². The van der Waals surface area contributed by atoms with E-state index in [9.17, 15) is 4.39 Å². The zero-order valence-corrected chi connectivity index (χ0v) is 13.0. The summed E-state index contributed by atoms with van der Waals surface area (Å²) in [4.78, 5) is 8.53. The first kappa shape index (κ1) is 14.0. The molecule has 0 bridgehead atoms. The van der Waals surface area contributed by atoms with Gasteiger partial charge in [0.25, 0.3) is 0 Å². The van der Waals surface area contributed by atoms with E-state index in [0.717, 1.165) is 15.7 Å². The highest BCUT2D eigenvalue weighted by Gasteiger charge is 2.12. The summed E-state index contributed by atoms with van der Waals surface area (Å²) in [5.41, 5.74) is 1.36. The maximum Gasteiger partial charge on any atom is 0.161 e. The van der Waals surface area contributed by atoms with Crippen molar-refractivity contribution in [1.82, 2.24) is 9.97 Å². The molecule has 0 saturated carbocycles. The Kier molecular flexibility index (Phi) is 4.40. The Morgan fingerprint density at radius 2 is 1.94 bits per heavy atom. The molecule has 1 aromatic heterocycles. The molecular weight excluding hydrogens is 389 g/mol. The van der Waals surface area contributed by atoms with Crippen LogP contribution in [0.25, 0.3) is 11.4 Å². The van der Waals surface area contributed by atoms with Crippen LogP contribution in [0.5, 0.6) is 0 Å². The van der Waals surface area contributed by atoms with Crippen LogP contribution in [0.15, 0.2) is 18.2 Å². The molecule has 0 fully saturated rings. The van der Waals surface area contributed by atoms with Crippen molar-refractivity contribution in [3.8, 4) is 11.4 Å². The third-order valence-corrected chi connectivity index (χ3v) is 4.28. The molecular formula is C12H8Cl2FIN2. The molecule has 94 valence electrons. The van der Waals surface area contributed by atoms with Crippen molar-refractivity contribution in [2.24, 2.45) is 0 Å². The van der Waals surface area contributed by atoms with Crippen molar-refractivity contribution >= 4 is 45.8 Å². The van der Waals surface area contributed by atoms with E-state index < -0.39 is 5.82 Å². The average molecular weight is 397 g/mol. The minimum absolute atomic E-state index is 0.307. The van der Waals surface area contributed by atoms with Gasteiger partial charge in [0, 0.05) is 10.6 Å². The molecule has 1 heterocycles. The minimum Gasteiger partial charge on any atom is -0.232 e. The third-order valence-electron chi connectivity index (χ3n) is 2.34. The number of benzene rings is 1. The van der Waals surface area contributed by atoms with Crippen LogP contribution in [0.2, 0.25) is 10.2 Å². The van der Waals surface area contributed by atoms with Crippen molar-refractivity contribution < 1.29 is 4.39 Å². The molecule has 0 amide bonds. The van der Waals surface area contributed by atoms with Crippen LogP contribution in [-0.4, -0.2) is 9.97 Å². The van der Waals surface area contributed by atoms with Crippen LogP contribution in [0.4, 0.5) is 4.39 Å². The largest absolute Gasteiger partial charge is 0.232 e. The van der Waals surface area contributed by atoms with Crippen LogP contribution in [0, 0.1) is 9.39 Å². The van der Waals surface area contributed by atoms with E-state index in [1.54, 1.807) is 6.07 Å². The number of aromatic nitrogens is 2. The van der Waals surface area contributed by atoms with Gasteiger partial charge < -0.3 is 0 Å². The maximum absolute atomic E-state index is 13.3. The number of nitrogens with zero attached hydrogens (tertiary/aromatic N) is 2. The summed E-state index contributed by atoms with van der Waals surface area (Å²) in [7, 11) is 0. The topological polar surface area (TPSA) is 25.8 Å². The highest BCUT2D eigenvalue weighted by Crippen LogP contribution is 2.26. The smallest absolute Gasteiger partial charge is 0.161 e. The molecule has 0 aliphatic rings. The summed E-state index contributed by atoms with van der Waals surface area (Å²) in [5.74, 6) is -0.0347. The Balaban J connectivity index is 2.60. The van der Waals surface area contributed by atoms with E-state index in [4.69, 9.17) is 23.2 Å². The number of hydrogen-bond acceptors (Lipinski definition) is 2. The predicted molar refractivity (Wildman–Crippen MR) is 79.5 cm³/mol. The van der Waals surface area contributed by atoms with E-state index in [1.807, 2.05) is 6.92 Å². The average Bonchev–Trinajstić information content (AvgIpc) is 2.31. The Labute approximate surface area is 128 Å². The van der Waals surface area contributed by atoms with E-state index >= 15 is 0 Å². The summed E-state index contributed by atoms with van der Waals surface area (Å²) in [6, 6.07) is 4.19.